The molecule has 0 atom stereocenters. The summed E-state index contributed by atoms with van der Waals surface area (Å²) in [5.41, 5.74) is 1.10. The third kappa shape index (κ3) is 4.84. The third-order valence-electron chi connectivity index (χ3n) is 8.30. The predicted molar refractivity (Wildman–Crippen MR) is 126 cm³/mol. The molecule has 1 heterocycles. The summed E-state index contributed by atoms with van der Waals surface area (Å²) < 4.78 is 0.948. The summed E-state index contributed by atoms with van der Waals surface area (Å²) in [5.74, 6) is 2.88. The van der Waals surface area contributed by atoms with Gasteiger partial charge in [-0.25, -0.2) is 0 Å². The monoisotopic (exact) mass is 503 g/mol. The lowest BCUT2D eigenvalue weighted by atomic mass is 9.49. The zero-order valence-electron chi connectivity index (χ0n) is 18.7. The van der Waals surface area contributed by atoms with Crippen LogP contribution in [0.25, 0.3) is 0 Å². The van der Waals surface area contributed by atoms with Crippen LogP contribution in [0, 0.1) is 23.2 Å². The third-order valence-corrected chi connectivity index (χ3v) is 8.79. The maximum absolute atomic E-state index is 12.7. The fraction of sp³-hybridized carbons (Fsp3) is 0.680. The van der Waals surface area contributed by atoms with Gasteiger partial charge in [0, 0.05) is 49.2 Å². The summed E-state index contributed by atoms with van der Waals surface area (Å²) in [6.45, 7) is 3.60. The van der Waals surface area contributed by atoms with Gasteiger partial charge in [0.05, 0.1) is 6.54 Å². The predicted octanol–water partition coefficient (Wildman–Crippen LogP) is 3.52. The largest absolute Gasteiger partial charge is 0.508 e. The second-order valence-corrected chi connectivity index (χ2v) is 11.7. The molecule has 4 saturated carbocycles. The van der Waals surface area contributed by atoms with Crippen LogP contribution in [0.3, 0.4) is 0 Å². The maximum Gasteiger partial charge on any atom is 0.242 e. The molecule has 1 aromatic rings. The number of piperazine rings is 1. The Balaban J connectivity index is 1.06. The Kier molecular flexibility index (Phi) is 6.23. The number of phenols is 1. The van der Waals surface area contributed by atoms with Gasteiger partial charge in [0.1, 0.15) is 5.75 Å². The topological polar surface area (TPSA) is 72.9 Å². The first-order valence-electron chi connectivity index (χ1n) is 12.1. The number of carbonyl (C=O) groups is 2. The minimum atomic E-state index is 0.00816. The van der Waals surface area contributed by atoms with Crippen molar-refractivity contribution in [3.63, 3.8) is 0 Å². The van der Waals surface area contributed by atoms with Crippen LogP contribution in [0.2, 0.25) is 0 Å². The zero-order valence-corrected chi connectivity index (χ0v) is 20.3. The van der Waals surface area contributed by atoms with Crippen molar-refractivity contribution < 1.29 is 14.7 Å². The first-order chi connectivity index (χ1) is 15.4. The summed E-state index contributed by atoms with van der Waals surface area (Å²) in [5, 5.41) is 13.0. The van der Waals surface area contributed by atoms with E-state index in [0.29, 0.717) is 31.8 Å². The van der Waals surface area contributed by atoms with Gasteiger partial charge in [-0.1, -0.05) is 15.9 Å². The molecule has 0 radical (unpaired) electrons. The molecular formula is C25H34BrN3O3. The van der Waals surface area contributed by atoms with E-state index in [2.05, 4.69) is 26.1 Å². The molecule has 0 spiro atoms. The average molecular weight is 504 g/mol. The van der Waals surface area contributed by atoms with Crippen molar-refractivity contribution in [2.24, 2.45) is 23.2 Å². The Bertz CT molecular complexity index is 846. The van der Waals surface area contributed by atoms with Crippen LogP contribution in [0.1, 0.15) is 50.5 Å². The SMILES string of the molecule is O=C(CC12CC3CC(CC(C3)C1)C2)NCC(=O)N1CCN(Cc2cc(Br)ccc2O)CC1. The molecule has 32 heavy (non-hydrogen) atoms. The van der Waals surface area contributed by atoms with Crippen LogP contribution in [0.4, 0.5) is 0 Å². The van der Waals surface area contributed by atoms with Crippen molar-refractivity contribution in [1.29, 1.82) is 0 Å². The smallest absolute Gasteiger partial charge is 0.242 e. The van der Waals surface area contributed by atoms with Crippen LogP contribution in [-0.2, 0) is 16.1 Å². The van der Waals surface area contributed by atoms with E-state index in [1.54, 1.807) is 6.07 Å². The van der Waals surface area contributed by atoms with Crippen molar-refractivity contribution in [1.82, 2.24) is 15.1 Å². The molecule has 1 saturated heterocycles. The van der Waals surface area contributed by atoms with Crippen LogP contribution < -0.4 is 5.32 Å². The summed E-state index contributed by atoms with van der Waals surface area (Å²) in [6, 6.07) is 5.46. The van der Waals surface area contributed by atoms with Crippen molar-refractivity contribution in [2.45, 2.75) is 51.5 Å². The highest BCUT2D eigenvalue weighted by atomic mass is 79.9. The molecule has 7 heteroatoms. The highest BCUT2D eigenvalue weighted by Gasteiger charge is 2.51. The van der Waals surface area contributed by atoms with Gasteiger partial charge >= 0.3 is 0 Å². The molecule has 5 fully saturated rings. The second-order valence-electron chi connectivity index (χ2n) is 10.8. The molecule has 5 aliphatic rings. The van der Waals surface area contributed by atoms with Crippen LogP contribution in [-0.4, -0.2) is 59.4 Å². The Labute approximate surface area is 198 Å². The summed E-state index contributed by atoms with van der Waals surface area (Å²) in [4.78, 5) is 29.5. The van der Waals surface area contributed by atoms with Gasteiger partial charge in [0.2, 0.25) is 11.8 Å². The molecule has 0 aromatic heterocycles. The maximum atomic E-state index is 12.7. The number of rotatable bonds is 6. The van der Waals surface area contributed by atoms with Gasteiger partial charge in [0.15, 0.2) is 0 Å². The van der Waals surface area contributed by atoms with Gasteiger partial charge < -0.3 is 15.3 Å². The van der Waals surface area contributed by atoms with Crippen LogP contribution in [0.5, 0.6) is 5.75 Å². The second kappa shape index (κ2) is 8.98. The van der Waals surface area contributed by atoms with E-state index in [4.69, 9.17) is 0 Å². The number of aromatic hydroxyl groups is 1. The molecule has 4 bridgehead atoms. The minimum absolute atomic E-state index is 0.00816. The number of nitrogens with one attached hydrogen (secondary N) is 1. The first-order valence-corrected chi connectivity index (χ1v) is 12.9. The number of phenolic OH excluding ortho intramolecular Hbond substituents is 1. The highest BCUT2D eigenvalue weighted by Crippen LogP contribution is 2.61. The van der Waals surface area contributed by atoms with E-state index in [-0.39, 0.29) is 23.8 Å². The lowest BCUT2D eigenvalue weighted by Gasteiger charge is -2.56. The van der Waals surface area contributed by atoms with Gasteiger partial charge in [-0.3, -0.25) is 14.5 Å². The summed E-state index contributed by atoms with van der Waals surface area (Å²) >= 11 is 3.45. The van der Waals surface area contributed by atoms with E-state index in [1.807, 2.05) is 17.0 Å². The van der Waals surface area contributed by atoms with Crippen molar-refractivity contribution in [3.05, 3.63) is 28.2 Å². The van der Waals surface area contributed by atoms with Gasteiger partial charge in [-0.15, -0.1) is 0 Å². The van der Waals surface area contributed by atoms with E-state index in [1.165, 1.54) is 38.5 Å². The Morgan fingerprint density at radius 3 is 2.28 bits per heavy atom. The van der Waals surface area contributed by atoms with E-state index < -0.39 is 0 Å². The quantitative estimate of drug-likeness (QED) is 0.622. The molecular weight excluding hydrogens is 470 g/mol. The Morgan fingerprint density at radius 1 is 1.03 bits per heavy atom. The van der Waals surface area contributed by atoms with E-state index >= 15 is 0 Å². The fourth-order valence-corrected chi connectivity index (χ4v) is 7.68. The normalized spacial score (nSPS) is 31.7. The van der Waals surface area contributed by atoms with Crippen molar-refractivity contribution in [2.75, 3.05) is 32.7 Å². The van der Waals surface area contributed by atoms with Gasteiger partial charge in [-0.05, 0) is 79.9 Å². The number of hydrogen-bond acceptors (Lipinski definition) is 4. The molecule has 2 amide bonds. The van der Waals surface area contributed by atoms with Crippen LogP contribution >= 0.6 is 15.9 Å². The molecule has 1 aliphatic heterocycles. The van der Waals surface area contributed by atoms with Crippen LogP contribution in [0.15, 0.2) is 22.7 Å². The number of amides is 2. The van der Waals surface area contributed by atoms with E-state index in [9.17, 15) is 14.7 Å². The van der Waals surface area contributed by atoms with Gasteiger partial charge in [0.25, 0.3) is 0 Å². The molecule has 0 unspecified atom stereocenters. The molecule has 6 nitrogen and oxygen atoms in total. The highest BCUT2D eigenvalue weighted by molar-refractivity contribution is 9.10. The van der Waals surface area contributed by atoms with Gasteiger partial charge in [-0.2, -0.15) is 0 Å². The molecule has 4 aliphatic carbocycles. The standard InChI is InChI=1S/C25H34BrN3O3/c26-21-1-2-22(30)20(10-21)16-28-3-5-29(6-4-28)24(32)15-27-23(31)14-25-11-17-7-18(12-25)9-19(8-17)13-25/h1-2,10,17-19,30H,3-9,11-16H2,(H,27,31). The molecule has 6 rings (SSSR count). The van der Waals surface area contributed by atoms with Crippen molar-refractivity contribution in [3.8, 4) is 5.75 Å². The number of nitrogens with zero attached hydrogens (tertiary/aromatic N) is 2. The summed E-state index contributed by atoms with van der Waals surface area (Å²) in [7, 11) is 0. The summed E-state index contributed by atoms with van der Waals surface area (Å²) in [6.07, 6.45) is 8.40. The minimum Gasteiger partial charge on any atom is -0.508 e. The Hall–Kier alpha value is -1.60. The molecule has 1 aromatic carbocycles. The first kappa shape index (κ1) is 22.2. The average Bonchev–Trinajstić information content (AvgIpc) is 2.74. The lowest BCUT2D eigenvalue weighted by molar-refractivity contribution is -0.136. The number of benzene rings is 1. The number of carbonyl (C=O) groups excluding carboxylic acids is 2. The van der Waals surface area contributed by atoms with Crippen molar-refractivity contribution >= 4 is 27.7 Å². The zero-order chi connectivity index (χ0) is 22.3. The molecule has 2 N–H and O–H groups in total. The molecule has 174 valence electrons. The number of halogens is 1. The Morgan fingerprint density at radius 2 is 1.66 bits per heavy atom. The fourth-order valence-electron chi connectivity index (χ4n) is 7.27. The van der Waals surface area contributed by atoms with E-state index in [0.717, 1.165) is 40.9 Å². The lowest BCUT2D eigenvalue weighted by Crippen LogP contribution is -2.51. The number of hydrogen-bond donors (Lipinski definition) is 2.